The summed E-state index contributed by atoms with van der Waals surface area (Å²) in [5, 5.41) is 7.79. The van der Waals surface area contributed by atoms with Crippen molar-refractivity contribution in [3.63, 3.8) is 0 Å². The molecule has 1 saturated heterocycles. The van der Waals surface area contributed by atoms with Crippen LogP contribution in [0.15, 0.2) is 23.3 Å². The zero-order chi connectivity index (χ0) is 17.2. The number of halogens is 3. The van der Waals surface area contributed by atoms with E-state index in [9.17, 15) is 13.2 Å². The molecule has 1 aliphatic heterocycles. The number of fused-ring (bicyclic) bond motifs is 1. The number of guanidine groups is 1. The number of likely N-dealkylation sites (tertiary alicyclic amines) is 1. The zero-order valence-electron chi connectivity index (χ0n) is 13.1. The van der Waals surface area contributed by atoms with Crippen LogP contribution in [0.3, 0.4) is 0 Å². The normalized spacial score (nSPS) is 17.3. The number of hydrogen-bond acceptors (Lipinski definition) is 3. The summed E-state index contributed by atoms with van der Waals surface area (Å²) < 4.78 is 39.8. The highest BCUT2D eigenvalue weighted by Gasteiger charge is 2.31. The molecule has 2 aromatic rings. The molecule has 1 fully saturated rings. The highest BCUT2D eigenvalue weighted by atomic mass is 19.4. The average molecular weight is 340 g/mol. The van der Waals surface area contributed by atoms with E-state index in [-0.39, 0.29) is 6.54 Å². The van der Waals surface area contributed by atoms with Crippen LogP contribution in [0, 0.1) is 0 Å². The van der Waals surface area contributed by atoms with Gasteiger partial charge >= 0.3 is 6.18 Å². The first-order valence-corrected chi connectivity index (χ1v) is 7.91. The summed E-state index contributed by atoms with van der Waals surface area (Å²) in [5.41, 5.74) is 5.62. The van der Waals surface area contributed by atoms with Crippen molar-refractivity contribution in [1.29, 1.82) is 0 Å². The van der Waals surface area contributed by atoms with Gasteiger partial charge in [-0.15, -0.1) is 10.2 Å². The lowest BCUT2D eigenvalue weighted by Gasteiger charge is -2.20. The van der Waals surface area contributed by atoms with E-state index >= 15 is 0 Å². The number of alkyl halides is 3. The molecule has 9 heteroatoms. The third-order valence-corrected chi connectivity index (χ3v) is 4.11. The number of pyridine rings is 1. The number of nitrogens with two attached hydrogens (primary N) is 1. The second-order valence-corrected chi connectivity index (χ2v) is 5.84. The summed E-state index contributed by atoms with van der Waals surface area (Å²) in [6.07, 6.45) is 1.07. The number of aliphatic imine (C=N–C) groups is 1. The molecule has 6 nitrogen and oxygen atoms in total. The van der Waals surface area contributed by atoms with Gasteiger partial charge < -0.3 is 10.6 Å². The Kier molecular flexibility index (Phi) is 4.59. The second-order valence-electron chi connectivity index (χ2n) is 5.84. The highest BCUT2D eigenvalue weighted by Crippen LogP contribution is 2.29. The Bertz CT molecular complexity index is 728. The predicted octanol–water partition coefficient (Wildman–Crippen LogP) is 2.44. The summed E-state index contributed by atoms with van der Waals surface area (Å²) in [5.74, 6) is 0.731. The smallest absolute Gasteiger partial charge is 0.370 e. The minimum atomic E-state index is -4.41. The number of rotatable bonds is 2. The van der Waals surface area contributed by atoms with Crippen LogP contribution in [0.1, 0.15) is 37.1 Å². The van der Waals surface area contributed by atoms with Crippen molar-refractivity contribution in [3.05, 3.63) is 29.7 Å². The van der Waals surface area contributed by atoms with Gasteiger partial charge in [-0.2, -0.15) is 13.2 Å². The van der Waals surface area contributed by atoms with Gasteiger partial charge in [0.05, 0.1) is 5.56 Å². The van der Waals surface area contributed by atoms with Gasteiger partial charge in [0.2, 0.25) is 0 Å². The van der Waals surface area contributed by atoms with Crippen molar-refractivity contribution >= 4 is 11.6 Å². The second kappa shape index (κ2) is 6.66. The maximum atomic E-state index is 12.8. The molecule has 2 N–H and O–H groups in total. The average Bonchev–Trinajstić information content (AvgIpc) is 2.76. The Morgan fingerprint density at radius 1 is 1.12 bits per heavy atom. The Morgan fingerprint density at radius 2 is 1.83 bits per heavy atom. The maximum absolute atomic E-state index is 12.8. The number of nitrogens with zero attached hydrogens (tertiary/aromatic N) is 5. The van der Waals surface area contributed by atoms with Crippen molar-refractivity contribution in [2.75, 3.05) is 13.1 Å². The Morgan fingerprint density at radius 3 is 2.50 bits per heavy atom. The van der Waals surface area contributed by atoms with Crippen molar-refractivity contribution in [2.24, 2.45) is 10.7 Å². The van der Waals surface area contributed by atoms with E-state index in [1.807, 2.05) is 4.90 Å². The van der Waals surface area contributed by atoms with Crippen LogP contribution in [0.25, 0.3) is 5.65 Å². The van der Waals surface area contributed by atoms with Crippen molar-refractivity contribution in [2.45, 2.75) is 38.4 Å². The monoisotopic (exact) mass is 340 g/mol. The predicted molar refractivity (Wildman–Crippen MR) is 83.4 cm³/mol. The third kappa shape index (κ3) is 3.60. The first-order chi connectivity index (χ1) is 11.4. The van der Waals surface area contributed by atoms with E-state index in [0.717, 1.165) is 38.2 Å². The van der Waals surface area contributed by atoms with Gasteiger partial charge in [0.1, 0.15) is 6.54 Å². The van der Waals surface area contributed by atoms with E-state index in [4.69, 9.17) is 5.73 Å². The summed E-state index contributed by atoms with van der Waals surface area (Å²) in [7, 11) is 0. The van der Waals surface area contributed by atoms with Gasteiger partial charge in [0, 0.05) is 19.3 Å². The maximum Gasteiger partial charge on any atom is 0.417 e. The van der Waals surface area contributed by atoms with E-state index in [1.54, 1.807) is 0 Å². The molecule has 0 aromatic carbocycles. The molecule has 0 amide bonds. The minimum absolute atomic E-state index is 0.0881. The molecule has 0 radical (unpaired) electrons. The zero-order valence-corrected chi connectivity index (χ0v) is 13.1. The first kappa shape index (κ1) is 16.5. The standard InChI is InChI=1S/C15H19F3N6/c16-15(17,18)11-5-6-12-21-22-13(24(12)10-11)9-20-14(19)23-7-3-1-2-4-8-23/h5-6,10H,1-4,7-9H2,(H2,19,20). The number of aromatic nitrogens is 3. The van der Waals surface area contributed by atoms with E-state index < -0.39 is 11.7 Å². The minimum Gasteiger partial charge on any atom is -0.370 e. The van der Waals surface area contributed by atoms with Crippen molar-refractivity contribution < 1.29 is 13.2 Å². The van der Waals surface area contributed by atoms with Gasteiger partial charge in [-0.25, -0.2) is 4.99 Å². The van der Waals surface area contributed by atoms with Crippen LogP contribution in [0.4, 0.5) is 13.2 Å². The summed E-state index contributed by atoms with van der Waals surface area (Å²) in [6.45, 7) is 1.80. The van der Waals surface area contributed by atoms with Gasteiger partial charge in [0.25, 0.3) is 0 Å². The SMILES string of the molecule is NC(=NCc1nnc2ccc(C(F)(F)F)cn12)N1CCCCCC1. The molecule has 0 aliphatic carbocycles. The van der Waals surface area contributed by atoms with Crippen LogP contribution in [0.2, 0.25) is 0 Å². The van der Waals surface area contributed by atoms with Crippen molar-refractivity contribution in [3.8, 4) is 0 Å². The Hall–Kier alpha value is -2.32. The van der Waals surface area contributed by atoms with E-state index in [0.29, 0.717) is 17.4 Å². The lowest BCUT2D eigenvalue weighted by atomic mass is 10.2. The molecular formula is C15H19F3N6. The first-order valence-electron chi connectivity index (χ1n) is 7.91. The van der Waals surface area contributed by atoms with Gasteiger partial charge in [-0.1, -0.05) is 12.8 Å². The van der Waals surface area contributed by atoms with Gasteiger partial charge in [-0.05, 0) is 25.0 Å². The molecule has 0 spiro atoms. The molecule has 130 valence electrons. The third-order valence-electron chi connectivity index (χ3n) is 4.11. The van der Waals surface area contributed by atoms with E-state index in [1.165, 1.54) is 23.3 Å². The molecule has 1 aliphatic rings. The highest BCUT2D eigenvalue weighted by molar-refractivity contribution is 5.78. The Balaban J connectivity index is 1.80. The summed E-state index contributed by atoms with van der Waals surface area (Å²) in [6, 6.07) is 2.28. The molecule has 0 bridgehead atoms. The molecule has 3 rings (SSSR count). The van der Waals surface area contributed by atoms with Crippen LogP contribution >= 0.6 is 0 Å². The Labute approximate surface area is 137 Å². The van der Waals surface area contributed by atoms with Crippen LogP contribution in [-0.4, -0.2) is 38.5 Å². The molecule has 0 unspecified atom stereocenters. The van der Waals surface area contributed by atoms with Gasteiger partial charge in [0.15, 0.2) is 17.4 Å². The summed E-state index contributed by atoms with van der Waals surface area (Å²) >= 11 is 0. The largest absolute Gasteiger partial charge is 0.417 e. The fourth-order valence-electron chi connectivity index (χ4n) is 2.77. The summed E-state index contributed by atoms with van der Waals surface area (Å²) in [4.78, 5) is 6.30. The fourth-order valence-corrected chi connectivity index (χ4v) is 2.77. The lowest BCUT2D eigenvalue weighted by molar-refractivity contribution is -0.137. The topological polar surface area (TPSA) is 71.8 Å². The van der Waals surface area contributed by atoms with Crippen LogP contribution in [0.5, 0.6) is 0 Å². The lowest BCUT2D eigenvalue weighted by Crippen LogP contribution is -2.38. The van der Waals surface area contributed by atoms with Crippen LogP contribution < -0.4 is 5.73 Å². The molecule has 2 aromatic heterocycles. The van der Waals surface area contributed by atoms with Crippen molar-refractivity contribution in [1.82, 2.24) is 19.5 Å². The van der Waals surface area contributed by atoms with Crippen LogP contribution in [-0.2, 0) is 12.7 Å². The molecule has 24 heavy (non-hydrogen) atoms. The molecule has 0 atom stereocenters. The molecule has 3 heterocycles. The molecular weight excluding hydrogens is 321 g/mol. The quantitative estimate of drug-likeness (QED) is 0.673. The van der Waals surface area contributed by atoms with E-state index in [2.05, 4.69) is 15.2 Å². The fraction of sp³-hybridized carbons (Fsp3) is 0.533. The number of hydrogen-bond donors (Lipinski definition) is 1. The molecule has 0 saturated carbocycles. The van der Waals surface area contributed by atoms with Gasteiger partial charge in [-0.3, -0.25) is 4.40 Å².